The summed E-state index contributed by atoms with van der Waals surface area (Å²) in [7, 11) is 1.63. The number of nitrogens with zero attached hydrogens (tertiary/aromatic N) is 3. The van der Waals surface area contributed by atoms with Gasteiger partial charge in [0.2, 0.25) is 0 Å². The molecule has 1 aromatic carbocycles. The Kier molecular flexibility index (Phi) is 2.78. The molecule has 100 valence electrons. The van der Waals surface area contributed by atoms with Gasteiger partial charge in [-0.25, -0.2) is 9.67 Å². The summed E-state index contributed by atoms with van der Waals surface area (Å²) in [5.74, 6) is 2.34. The lowest BCUT2D eigenvalue weighted by Gasteiger charge is -2.16. The SMILES string of the molecule is COc1ccc2c(c1)C(O)C(n1nc(C)nc1C)C2. The Morgan fingerprint density at radius 2 is 2.16 bits per heavy atom. The van der Waals surface area contributed by atoms with E-state index in [4.69, 9.17) is 4.74 Å². The molecule has 5 heteroatoms. The molecule has 0 fully saturated rings. The van der Waals surface area contributed by atoms with Crippen molar-refractivity contribution in [2.75, 3.05) is 7.11 Å². The van der Waals surface area contributed by atoms with Gasteiger partial charge in [0.25, 0.3) is 0 Å². The van der Waals surface area contributed by atoms with Gasteiger partial charge in [-0.1, -0.05) is 6.07 Å². The van der Waals surface area contributed by atoms with Crippen LogP contribution in [0.4, 0.5) is 0 Å². The molecule has 0 amide bonds. The van der Waals surface area contributed by atoms with Crippen molar-refractivity contribution < 1.29 is 9.84 Å². The number of hydrogen-bond donors (Lipinski definition) is 1. The van der Waals surface area contributed by atoms with Gasteiger partial charge in [0.1, 0.15) is 23.5 Å². The number of benzene rings is 1. The highest BCUT2D eigenvalue weighted by Crippen LogP contribution is 2.40. The smallest absolute Gasteiger partial charge is 0.147 e. The van der Waals surface area contributed by atoms with Crippen LogP contribution in [0, 0.1) is 13.8 Å². The van der Waals surface area contributed by atoms with Crippen LogP contribution in [-0.4, -0.2) is 27.0 Å². The van der Waals surface area contributed by atoms with E-state index in [0.717, 1.165) is 34.9 Å². The van der Waals surface area contributed by atoms with Crippen LogP contribution in [0.1, 0.15) is 34.9 Å². The quantitative estimate of drug-likeness (QED) is 0.892. The molecule has 0 saturated carbocycles. The van der Waals surface area contributed by atoms with Crippen molar-refractivity contribution in [1.29, 1.82) is 0 Å². The number of aliphatic hydroxyl groups is 1. The first-order valence-electron chi connectivity index (χ1n) is 6.35. The number of hydrogen-bond acceptors (Lipinski definition) is 4. The predicted octanol–water partition coefficient (Wildman–Crippen LogP) is 1.73. The monoisotopic (exact) mass is 259 g/mol. The molecule has 3 rings (SSSR count). The zero-order valence-corrected chi connectivity index (χ0v) is 11.3. The normalized spacial score (nSPS) is 21.5. The minimum absolute atomic E-state index is 0.0803. The Morgan fingerprint density at radius 1 is 1.37 bits per heavy atom. The number of rotatable bonds is 2. The van der Waals surface area contributed by atoms with Gasteiger partial charge < -0.3 is 9.84 Å². The van der Waals surface area contributed by atoms with Gasteiger partial charge in [-0.15, -0.1) is 0 Å². The van der Waals surface area contributed by atoms with Crippen molar-refractivity contribution in [2.24, 2.45) is 0 Å². The van der Waals surface area contributed by atoms with E-state index in [0.29, 0.717) is 0 Å². The van der Waals surface area contributed by atoms with E-state index in [1.807, 2.05) is 36.7 Å². The van der Waals surface area contributed by atoms with Crippen molar-refractivity contribution in [2.45, 2.75) is 32.4 Å². The molecule has 0 aliphatic heterocycles. The summed E-state index contributed by atoms with van der Waals surface area (Å²) in [6.45, 7) is 3.78. The van der Waals surface area contributed by atoms with E-state index < -0.39 is 6.10 Å². The third kappa shape index (κ3) is 1.90. The van der Waals surface area contributed by atoms with E-state index >= 15 is 0 Å². The van der Waals surface area contributed by atoms with Crippen molar-refractivity contribution in [3.8, 4) is 5.75 Å². The van der Waals surface area contributed by atoms with Crippen LogP contribution in [0.3, 0.4) is 0 Å². The summed E-state index contributed by atoms with van der Waals surface area (Å²) in [6, 6.07) is 5.76. The summed E-state index contributed by atoms with van der Waals surface area (Å²) in [4.78, 5) is 4.30. The van der Waals surface area contributed by atoms with E-state index in [1.54, 1.807) is 7.11 Å². The van der Waals surface area contributed by atoms with Crippen LogP contribution in [0.5, 0.6) is 5.75 Å². The maximum absolute atomic E-state index is 10.5. The van der Waals surface area contributed by atoms with Gasteiger partial charge in [0.05, 0.1) is 13.2 Å². The van der Waals surface area contributed by atoms with E-state index in [9.17, 15) is 5.11 Å². The third-order valence-electron chi connectivity index (χ3n) is 3.69. The van der Waals surface area contributed by atoms with Gasteiger partial charge in [-0.05, 0) is 43.5 Å². The highest BCUT2D eigenvalue weighted by Gasteiger charge is 2.34. The van der Waals surface area contributed by atoms with Gasteiger partial charge in [0.15, 0.2) is 0 Å². The summed E-state index contributed by atoms with van der Waals surface area (Å²) in [5, 5.41) is 14.9. The second kappa shape index (κ2) is 4.35. The molecule has 1 aromatic heterocycles. The first-order valence-corrected chi connectivity index (χ1v) is 6.35. The molecule has 1 heterocycles. The van der Waals surface area contributed by atoms with Crippen molar-refractivity contribution in [3.63, 3.8) is 0 Å². The Balaban J connectivity index is 1.99. The molecule has 2 aromatic rings. The average Bonchev–Trinajstić information content (AvgIpc) is 2.89. The fourth-order valence-corrected chi connectivity index (χ4v) is 2.78. The number of methoxy groups -OCH3 is 1. The zero-order valence-electron chi connectivity index (χ0n) is 11.3. The van der Waals surface area contributed by atoms with E-state index in [2.05, 4.69) is 10.1 Å². The maximum atomic E-state index is 10.5. The lowest BCUT2D eigenvalue weighted by atomic mass is 10.1. The highest BCUT2D eigenvalue weighted by molar-refractivity contribution is 5.41. The molecule has 1 aliphatic carbocycles. The second-order valence-corrected chi connectivity index (χ2v) is 4.93. The average molecular weight is 259 g/mol. The van der Waals surface area contributed by atoms with E-state index in [-0.39, 0.29) is 6.04 Å². The van der Waals surface area contributed by atoms with Crippen LogP contribution in [-0.2, 0) is 6.42 Å². The maximum Gasteiger partial charge on any atom is 0.147 e. The van der Waals surface area contributed by atoms with Gasteiger partial charge >= 0.3 is 0 Å². The van der Waals surface area contributed by atoms with E-state index in [1.165, 1.54) is 0 Å². The number of aliphatic hydroxyl groups excluding tert-OH is 1. The van der Waals surface area contributed by atoms with Crippen LogP contribution in [0.15, 0.2) is 18.2 Å². The topological polar surface area (TPSA) is 60.2 Å². The van der Waals surface area contributed by atoms with Gasteiger partial charge in [-0.3, -0.25) is 0 Å². The van der Waals surface area contributed by atoms with Crippen LogP contribution in [0.2, 0.25) is 0 Å². The molecule has 0 bridgehead atoms. The van der Waals surface area contributed by atoms with Crippen LogP contribution < -0.4 is 4.74 Å². The van der Waals surface area contributed by atoms with Crippen LogP contribution in [0.25, 0.3) is 0 Å². The summed E-state index contributed by atoms with van der Waals surface area (Å²) < 4.78 is 7.04. The van der Waals surface area contributed by atoms with Crippen LogP contribution >= 0.6 is 0 Å². The van der Waals surface area contributed by atoms with Crippen molar-refractivity contribution in [1.82, 2.24) is 14.8 Å². The third-order valence-corrected chi connectivity index (χ3v) is 3.69. The molecule has 1 aliphatic rings. The molecule has 2 atom stereocenters. The summed E-state index contributed by atoms with van der Waals surface area (Å²) in [6.07, 6.45) is 0.203. The molecule has 0 saturated heterocycles. The zero-order chi connectivity index (χ0) is 13.6. The lowest BCUT2D eigenvalue weighted by Crippen LogP contribution is -2.17. The standard InChI is InChI=1S/C14H17N3O2/c1-8-15-9(2)17(16-8)13-6-10-4-5-11(19-3)7-12(10)14(13)18/h4-5,7,13-14,18H,6H2,1-3H3. The first-order chi connectivity index (χ1) is 9.10. The Hall–Kier alpha value is -1.88. The highest BCUT2D eigenvalue weighted by atomic mass is 16.5. The Morgan fingerprint density at radius 3 is 2.79 bits per heavy atom. The Labute approximate surface area is 111 Å². The second-order valence-electron chi connectivity index (χ2n) is 4.93. The molecular weight excluding hydrogens is 242 g/mol. The van der Waals surface area contributed by atoms with Crippen molar-refractivity contribution in [3.05, 3.63) is 41.0 Å². The molecule has 0 radical (unpaired) electrons. The first kappa shape index (κ1) is 12.2. The minimum Gasteiger partial charge on any atom is -0.497 e. The van der Waals surface area contributed by atoms with Gasteiger partial charge in [0, 0.05) is 0 Å². The molecule has 1 N–H and O–H groups in total. The summed E-state index contributed by atoms with van der Waals surface area (Å²) >= 11 is 0. The number of aryl methyl sites for hydroxylation is 2. The number of ether oxygens (including phenoxy) is 1. The molecule has 19 heavy (non-hydrogen) atoms. The number of fused-ring (bicyclic) bond motifs is 1. The Bertz CT molecular complexity index is 621. The number of aromatic nitrogens is 3. The van der Waals surface area contributed by atoms with Crippen molar-refractivity contribution >= 4 is 0 Å². The minimum atomic E-state index is -0.565. The predicted molar refractivity (Wildman–Crippen MR) is 70.2 cm³/mol. The molecular formula is C14H17N3O2. The molecule has 5 nitrogen and oxygen atoms in total. The van der Waals surface area contributed by atoms with Gasteiger partial charge in [-0.2, -0.15) is 5.10 Å². The lowest BCUT2D eigenvalue weighted by molar-refractivity contribution is 0.119. The fraction of sp³-hybridized carbons (Fsp3) is 0.429. The largest absolute Gasteiger partial charge is 0.497 e. The fourth-order valence-electron chi connectivity index (χ4n) is 2.78. The summed E-state index contributed by atoms with van der Waals surface area (Å²) in [5.41, 5.74) is 2.07. The molecule has 0 spiro atoms. The molecule has 2 unspecified atom stereocenters.